The van der Waals surface area contributed by atoms with Gasteiger partial charge < -0.3 is 14.8 Å². The van der Waals surface area contributed by atoms with Crippen molar-refractivity contribution < 1.29 is 14.3 Å². The van der Waals surface area contributed by atoms with Crippen molar-refractivity contribution in [3.05, 3.63) is 58.7 Å². The van der Waals surface area contributed by atoms with E-state index in [9.17, 15) is 10.1 Å². The van der Waals surface area contributed by atoms with Crippen LogP contribution in [0.4, 0.5) is 5.69 Å². The average Bonchev–Trinajstić information content (AvgIpc) is 2.65. The number of benzene rings is 2. The first kappa shape index (κ1) is 21.0. The Bertz CT molecular complexity index is 924. The third kappa shape index (κ3) is 5.37. The van der Waals surface area contributed by atoms with Crippen LogP contribution in [0.3, 0.4) is 0 Å². The molecule has 5 nitrogen and oxygen atoms in total. The molecule has 0 unspecified atom stereocenters. The summed E-state index contributed by atoms with van der Waals surface area (Å²) in [7, 11) is 0. The van der Waals surface area contributed by atoms with E-state index >= 15 is 0 Å². The second-order valence-electron chi connectivity index (χ2n) is 6.68. The molecular weight excluding hydrogens is 352 g/mol. The predicted molar refractivity (Wildman–Crippen MR) is 112 cm³/mol. The third-order valence-electron chi connectivity index (χ3n) is 4.16. The Balaban J connectivity index is 2.30. The summed E-state index contributed by atoms with van der Waals surface area (Å²) in [4.78, 5) is 12.6. The van der Waals surface area contributed by atoms with Gasteiger partial charge in [0, 0.05) is 5.69 Å². The molecule has 0 heterocycles. The lowest BCUT2D eigenvalue weighted by atomic mass is 10.1. The molecular formula is C23H26N2O3. The van der Waals surface area contributed by atoms with Gasteiger partial charge in [-0.2, -0.15) is 5.26 Å². The molecule has 2 rings (SSSR count). The number of ether oxygens (including phenoxy) is 2. The summed E-state index contributed by atoms with van der Waals surface area (Å²) in [6.45, 7) is 10.2. The van der Waals surface area contributed by atoms with E-state index in [1.165, 1.54) is 0 Å². The van der Waals surface area contributed by atoms with Crippen LogP contribution in [0.15, 0.2) is 42.0 Å². The van der Waals surface area contributed by atoms with E-state index in [1.807, 2.05) is 58.9 Å². The number of nitrogens with zero attached hydrogens (tertiary/aromatic N) is 1. The highest BCUT2D eigenvalue weighted by molar-refractivity contribution is 6.10. The smallest absolute Gasteiger partial charge is 0.266 e. The highest BCUT2D eigenvalue weighted by atomic mass is 16.5. The summed E-state index contributed by atoms with van der Waals surface area (Å²) in [6, 6.07) is 13.0. The minimum Gasteiger partial charge on any atom is -0.490 e. The van der Waals surface area contributed by atoms with Gasteiger partial charge in [-0.3, -0.25) is 4.79 Å². The minimum atomic E-state index is -0.448. The second-order valence-corrected chi connectivity index (χ2v) is 6.68. The summed E-state index contributed by atoms with van der Waals surface area (Å²) in [5, 5.41) is 12.3. The van der Waals surface area contributed by atoms with Crippen molar-refractivity contribution in [3.8, 4) is 17.6 Å². The zero-order chi connectivity index (χ0) is 20.7. The number of rotatable bonds is 7. The summed E-state index contributed by atoms with van der Waals surface area (Å²) in [6.07, 6.45) is 1.56. The summed E-state index contributed by atoms with van der Waals surface area (Å²) in [5.41, 5.74) is 3.44. The van der Waals surface area contributed by atoms with Crippen molar-refractivity contribution in [3.63, 3.8) is 0 Å². The summed E-state index contributed by atoms with van der Waals surface area (Å²) < 4.78 is 11.4. The quantitative estimate of drug-likeness (QED) is 0.541. The Morgan fingerprint density at radius 2 is 1.96 bits per heavy atom. The van der Waals surface area contributed by atoms with Gasteiger partial charge in [-0.1, -0.05) is 18.2 Å². The van der Waals surface area contributed by atoms with Crippen LogP contribution < -0.4 is 14.8 Å². The summed E-state index contributed by atoms with van der Waals surface area (Å²) in [5.74, 6) is 0.765. The maximum Gasteiger partial charge on any atom is 0.266 e. The largest absolute Gasteiger partial charge is 0.490 e. The number of carbonyl (C=O) groups is 1. The van der Waals surface area contributed by atoms with Crippen molar-refractivity contribution in [1.82, 2.24) is 0 Å². The van der Waals surface area contributed by atoms with Gasteiger partial charge in [-0.05, 0) is 75.6 Å². The lowest BCUT2D eigenvalue weighted by molar-refractivity contribution is -0.112. The fraction of sp³-hybridized carbons (Fsp3) is 0.304. The maximum atomic E-state index is 12.6. The monoisotopic (exact) mass is 378 g/mol. The van der Waals surface area contributed by atoms with Crippen molar-refractivity contribution in [2.75, 3.05) is 11.9 Å². The van der Waals surface area contributed by atoms with Crippen LogP contribution >= 0.6 is 0 Å². The molecule has 0 bridgehead atoms. The molecule has 2 aromatic rings. The first-order chi connectivity index (χ1) is 13.3. The molecule has 0 saturated heterocycles. The maximum absolute atomic E-state index is 12.6. The molecule has 0 aromatic heterocycles. The molecule has 0 radical (unpaired) electrons. The topological polar surface area (TPSA) is 71.3 Å². The SMILES string of the molecule is CCOc1cc(/C=C(\C#N)C(=O)Nc2cccc(C)c2C)ccc1OC(C)C. The molecule has 28 heavy (non-hydrogen) atoms. The Kier molecular flexibility index (Phi) is 7.22. The first-order valence-electron chi connectivity index (χ1n) is 9.28. The van der Waals surface area contributed by atoms with Crippen LogP contribution in [0.25, 0.3) is 6.08 Å². The molecule has 0 fully saturated rings. The molecule has 0 atom stereocenters. The van der Waals surface area contributed by atoms with Gasteiger partial charge in [-0.25, -0.2) is 0 Å². The molecule has 0 aliphatic rings. The van der Waals surface area contributed by atoms with Crippen LogP contribution in [-0.2, 0) is 4.79 Å². The van der Waals surface area contributed by atoms with Crippen LogP contribution in [0.1, 0.15) is 37.5 Å². The van der Waals surface area contributed by atoms with Crippen molar-refractivity contribution >= 4 is 17.7 Å². The normalized spacial score (nSPS) is 11.1. The van der Waals surface area contributed by atoms with E-state index in [1.54, 1.807) is 24.3 Å². The highest BCUT2D eigenvalue weighted by Crippen LogP contribution is 2.30. The fourth-order valence-corrected chi connectivity index (χ4v) is 2.63. The van der Waals surface area contributed by atoms with Crippen LogP contribution in [0, 0.1) is 25.2 Å². The minimum absolute atomic E-state index is 0.0126. The molecule has 1 N–H and O–H groups in total. The van der Waals surface area contributed by atoms with Crippen molar-refractivity contribution in [2.24, 2.45) is 0 Å². The van der Waals surface area contributed by atoms with Gasteiger partial charge in [0.15, 0.2) is 11.5 Å². The number of amides is 1. The molecule has 2 aromatic carbocycles. The predicted octanol–water partition coefficient (Wildman–Crippen LogP) is 5.04. The van der Waals surface area contributed by atoms with Crippen LogP contribution in [0.2, 0.25) is 0 Å². The van der Waals surface area contributed by atoms with E-state index in [-0.39, 0.29) is 11.7 Å². The lowest BCUT2D eigenvalue weighted by Gasteiger charge is -2.15. The van der Waals surface area contributed by atoms with E-state index in [0.29, 0.717) is 29.4 Å². The number of nitrogens with one attached hydrogen (secondary N) is 1. The second kappa shape index (κ2) is 9.61. The Morgan fingerprint density at radius 3 is 2.61 bits per heavy atom. The lowest BCUT2D eigenvalue weighted by Crippen LogP contribution is -2.14. The zero-order valence-corrected chi connectivity index (χ0v) is 17.0. The van der Waals surface area contributed by atoms with Gasteiger partial charge in [0.25, 0.3) is 5.91 Å². The number of hydrogen-bond acceptors (Lipinski definition) is 4. The average molecular weight is 378 g/mol. The number of hydrogen-bond donors (Lipinski definition) is 1. The van der Waals surface area contributed by atoms with Crippen LogP contribution in [0.5, 0.6) is 11.5 Å². The molecule has 146 valence electrons. The Morgan fingerprint density at radius 1 is 1.21 bits per heavy atom. The number of carbonyl (C=O) groups excluding carboxylic acids is 1. The molecule has 0 aliphatic heterocycles. The molecule has 1 amide bonds. The van der Waals surface area contributed by atoms with Gasteiger partial charge in [0.1, 0.15) is 11.6 Å². The third-order valence-corrected chi connectivity index (χ3v) is 4.16. The molecule has 5 heteroatoms. The first-order valence-corrected chi connectivity index (χ1v) is 9.28. The van der Waals surface area contributed by atoms with E-state index in [4.69, 9.17) is 9.47 Å². The molecule has 0 saturated carbocycles. The van der Waals surface area contributed by atoms with Gasteiger partial charge >= 0.3 is 0 Å². The number of aryl methyl sites for hydroxylation is 1. The molecule has 0 spiro atoms. The number of anilines is 1. The van der Waals surface area contributed by atoms with E-state index in [0.717, 1.165) is 11.1 Å². The zero-order valence-electron chi connectivity index (χ0n) is 17.0. The van der Waals surface area contributed by atoms with E-state index < -0.39 is 5.91 Å². The highest BCUT2D eigenvalue weighted by Gasteiger charge is 2.13. The van der Waals surface area contributed by atoms with Crippen LogP contribution in [-0.4, -0.2) is 18.6 Å². The van der Waals surface area contributed by atoms with Crippen molar-refractivity contribution in [2.45, 2.75) is 40.7 Å². The number of nitriles is 1. The van der Waals surface area contributed by atoms with Gasteiger partial charge in [-0.15, -0.1) is 0 Å². The fourth-order valence-electron chi connectivity index (χ4n) is 2.63. The summed E-state index contributed by atoms with van der Waals surface area (Å²) >= 11 is 0. The standard InChI is InChI=1S/C23H26N2O3/c1-6-27-22-13-18(10-11-21(22)28-15(2)3)12-19(14-24)23(26)25-20-9-7-8-16(4)17(20)5/h7-13,15H,6H2,1-5H3,(H,25,26)/b19-12+. The van der Waals surface area contributed by atoms with E-state index in [2.05, 4.69) is 5.32 Å². The molecule has 0 aliphatic carbocycles. The Labute approximate surface area is 166 Å². The van der Waals surface area contributed by atoms with Gasteiger partial charge in [0.05, 0.1) is 12.7 Å². The van der Waals surface area contributed by atoms with Crippen molar-refractivity contribution in [1.29, 1.82) is 5.26 Å². The Hall–Kier alpha value is -3.26. The van der Waals surface area contributed by atoms with Gasteiger partial charge in [0.2, 0.25) is 0 Å².